The molecule has 21 heavy (non-hydrogen) atoms. The summed E-state index contributed by atoms with van der Waals surface area (Å²) in [5, 5.41) is 16.6. The molecule has 0 atom stereocenters. The highest BCUT2D eigenvalue weighted by atomic mass is 16.6. The van der Waals surface area contributed by atoms with Gasteiger partial charge in [-0.1, -0.05) is 0 Å². The Kier molecular flexibility index (Phi) is 5.24. The molecule has 1 aliphatic heterocycles. The summed E-state index contributed by atoms with van der Waals surface area (Å²) in [7, 11) is 1.95. The van der Waals surface area contributed by atoms with E-state index >= 15 is 0 Å². The average molecular weight is 292 g/mol. The van der Waals surface area contributed by atoms with E-state index in [1.165, 1.54) is 12.1 Å². The van der Waals surface area contributed by atoms with E-state index in [0.717, 1.165) is 25.9 Å². The molecule has 0 unspecified atom stereocenters. The average Bonchev–Trinajstić information content (AvgIpc) is 2.48. The lowest BCUT2D eigenvalue weighted by atomic mass is 10.1. The van der Waals surface area contributed by atoms with Crippen LogP contribution in [0.15, 0.2) is 24.3 Å². The molecule has 2 N–H and O–H groups in total. The number of non-ortho nitro benzene ring substituents is 1. The van der Waals surface area contributed by atoms with Gasteiger partial charge in [-0.2, -0.15) is 0 Å². The predicted octanol–water partition coefficient (Wildman–Crippen LogP) is 1.22. The van der Waals surface area contributed by atoms with Crippen LogP contribution in [-0.2, 0) is 4.79 Å². The number of nitro groups is 1. The Labute approximate surface area is 123 Å². The topological polar surface area (TPSA) is 87.5 Å². The molecule has 7 nitrogen and oxygen atoms in total. The van der Waals surface area contributed by atoms with Gasteiger partial charge in [0.25, 0.3) is 5.69 Å². The molecular weight excluding hydrogens is 272 g/mol. The van der Waals surface area contributed by atoms with E-state index in [2.05, 4.69) is 15.5 Å². The van der Waals surface area contributed by atoms with Crippen molar-refractivity contribution in [3.8, 4) is 0 Å². The molecule has 0 aromatic heterocycles. The van der Waals surface area contributed by atoms with Gasteiger partial charge in [-0.15, -0.1) is 0 Å². The summed E-state index contributed by atoms with van der Waals surface area (Å²) < 4.78 is 0. The van der Waals surface area contributed by atoms with E-state index in [1.807, 2.05) is 7.05 Å². The maximum atomic E-state index is 12.0. The Morgan fingerprint density at radius 3 is 2.57 bits per heavy atom. The molecule has 7 heteroatoms. The third-order valence-electron chi connectivity index (χ3n) is 3.69. The third kappa shape index (κ3) is 4.51. The highest BCUT2D eigenvalue weighted by molar-refractivity contribution is 5.92. The Bertz CT molecular complexity index is 497. The van der Waals surface area contributed by atoms with Gasteiger partial charge in [0.15, 0.2) is 0 Å². The van der Waals surface area contributed by atoms with E-state index in [4.69, 9.17) is 0 Å². The summed E-state index contributed by atoms with van der Waals surface area (Å²) in [4.78, 5) is 24.1. The van der Waals surface area contributed by atoms with Crippen LogP contribution < -0.4 is 10.6 Å². The van der Waals surface area contributed by atoms with Crippen molar-refractivity contribution >= 4 is 17.3 Å². The van der Waals surface area contributed by atoms with Crippen LogP contribution in [0.1, 0.15) is 12.8 Å². The lowest BCUT2D eigenvalue weighted by Crippen LogP contribution is -2.44. The number of piperidine rings is 1. The van der Waals surface area contributed by atoms with Crippen LogP contribution in [0.25, 0.3) is 0 Å². The lowest BCUT2D eigenvalue weighted by Gasteiger charge is -2.31. The molecule has 1 saturated heterocycles. The number of hydrogen-bond donors (Lipinski definition) is 2. The van der Waals surface area contributed by atoms with Gasteiger partial charge < -0.3 is 10.6 Å². The number of amides is 1. The van der Waals surface area contributed by atoms with Crippen molar-refractivity contribution in [2.45, 2.75) is 18.9 Å². The van der Waals surface area contributed by atoms with Crippen LogP contribution >= 0.6 is 0 Å². The highest BCUT2D eigenvalue weighted by Crippen LogP contribution is 2.15. The second kappa shape index (κ2) is 7.14. The van der Waals surface area contributed by atoms with E-state index in [0.29, 0.717) is 18.3 Å². The number of nitrogens with zero attached hydrogens (tertiary/aromatic N) is 2. The van der Waals surface area contributed by atoms with E-state index in [1.54, 1.807) is 12.1 Å². The Hall–Kier alpha value is -1.99. The van der Waals surface area contributed by atoms with Crippen LogP contribution in [0.3, 0.4) is 0 Å². The Morgan fingerprint density at radius 1 is 1.38 bits per heavy atom. The summed E-state index contributed by atoms with van der Waals surface area (Å²) in [5.74, 6) is -0.107. The molecule has 1 aliphatic rings. The standard InChI is InChI=1S/C14H20N4O3/c1-17(12-6-8-15-9-7-12)10-14(19)16-11-2-4-13(5-3-11)18(20)21/h2-5,12,15H,6-10H2,1H3,(H,16,19). The third-order valence-corrected chi connectivity index (χ3v) is 3.69. The first-order valence-electron chi connectivity index (χ1n) is 7.01. The van der Waals surface area contributed by atoms with Gasteiger partial charge in [0.2, 0.25) is 5.91 Å². The van der Waals surface area contributed by atoms with Crippen LogP contribution in [0.4, 0.5) is 11.4 Å². The molecule has 1 heterocycles. The fourth-order valence-corrected chi connectivity index (χ4v) is 2.47. The lowest BCUT2D eigenvalue weighted by molar-refractivity contribution is -0.384. The number of nitro benzene ring substituents is 1. The Balaban J connectivity index is 1.84. The fourth-order valence-electron chi connectivity index (χ4n) is 2.47. The van der Waals surface area contributed by atoms with Gasteiger partial charge in [-0.05, 0) is 45.1 Å². The van der Waals surface area contributed by atoms with Gasteiger partial charge >= 0.3 is 0 Å². The van der Waals surface area contributed by atoms with Gasteiger partial charge in [-0.3, -0.25) is 19.8 Å². The van der Waals surface area contributed by atoms with Crippen LogP contribution in [-0.4, -0.2) is 48.5 Å². The second-order valence-electron chi connectivity index (χ2n) is 5.25. The molecule has 0 spiro atoms. The summed E-state index contributed by atoms with van der Waals surface area (Å²) in [6.07, 6.45) is 2.09. The number of hydrogen-bond acceptors (Lipinski definition) is 5. The number of nitrogens with one attached hydrogen (secondary N) is 2. The molecule has 0 aliphatic carbocycles. The van der Waals surface area contributed by atoms with Crippen molar-refractivity contribution in [2.75, 3.05) is 32.0 Å². The maximum Gasteiger partial charge on any atom is 0.269 e. The van der Waals surface area contributed by atoms with Crippen LogP contribution in [0, 0.1) is 10.1 Å². The first-order valence-corrected chi connectivity index (χ1v) is 7.01. The molecule has 0 radical (unpaired) electrons. The highest BCUT2D eigenvalue weighted by Gasteiger charge is 2.19. The van der Waals surface area contributed by atoms with Gasteiger partial charge in [0, 0.05) is 23.9 Å². The molecule has 0 saturated carbocycles. The van der Waals surface area contributed by atoms with Crippen molar-refractivity contribution in [3.63, 3.8) is 0 Å². The zero-order chi connectivity index (χ0) is 15.2. The summed E-state index contributed by atoms with van der Waals surface area (Å²) >= 11 is 0. The first kappa shape index (κ1) is 15.4. The summed E-state index contributed by atoms with van der Waals surface area (Å²) in [6.45, 7) is 2.29. The van der Waals surface area contributed by atoms with Crippen molar-refractivity contribution in [2.24, 2.45) is 0 Å². The molecule has 1 aromatic carbocycles. The van der Waals surface area contributed by atoms with Crippen molar-refractivity contribution in [1.82, 2.24) is 10.2 Å². The zero-order valence-corrected chi connectivity index (χ0v) is 12.0. The summed E-state index contributed by atoms with van der Waals surface area (Å²) in [6, 6.07) is 6.27. The van der Waals surface area contributed by atoms with Crippen LogP contribution in [0.5, 0.6) is 0 Å². The SMILES string of the molecule is CN(CC(=O)Nc1ccc([N+](=O)[O-])cc1)C1CCNCC1. The molecule has 1 amide bonds. The minimum atomic E-state index is -0.462. The Morgan fingerprint density at radius 2 is 2.00 bits per heavy atom. The largest absolute Gasteiger partial charge is 0.325 e. The molecular formula is C14H20N4O3. The number of benzene rings is 1. The van der Waals surface area contributed by atoms with E-state index in [9.17, 15) is 14.9 Å². The van der Waals surface area contributed by atoms with Crippen molar-refractivity contribution in [3.05, 3.63) is 34.4 Å². The number of carbonyl (C=O) groups is 1. The van der Waals surface area contributed by atoms with Gasteiger partial charge in [-0.25, -0.2) is 0 Å². The monoisotopic (exact) mass is 292 g/mol. The molecule has 1 fully saturated rings. The molecule has 1 aromatic rings. The number of anilines is 1. The van der Waals surface area contributed by atoms with Crippen LogP contribution in [0.2, 0.25) is 0 Å². The molecule has 114 valence electrons. The smallest absolute Gasteiger partial charge is 0.269 e. The van der Waals surface area contributed by atoms with Crippen molar-refractivity contribution in [1.29, 1.82) is 0 Å². The minimum absolute atomic E-state index is 0.0137. The number of carbonyl (C=O) groups excluding carboxylic acids is 1. The normalized spacial score (nSPS) is 15.9. The minimum Gasteiger partial charge on any atom is -0.325 e. The van der Waals surface area contributed by atoms with E-state index < -0.39 is 4.92 Å². The predicted molar refractivity (Wildman–Crippen MR) is 80.2 cm³/mol. The summed E-state index contributed by atoms with van der Waals surface area (Å²) in [5.41, 5.74) is 0.587. The van der Waals surface area contributed by atoms with Crippen molar-refractivity contribution < 1.29 is 9.72 Å². The number of likely N-dealkylation sites (N-methyl/N-ethyl adjacent to an activating group) is 1. The fraction of sp³-hybridized carbons (Fsp3) is 0.500. The number of rotatable bonds is 5. The quantitative estimate of drug-likeness (QED) is 0.629. The maximum absolute atomic E-state index is 12.0. The van der Waals surface area contributed by atoms with E-state index in [-0.39, 0.29) is 11.6 Å². The first-order chi connectivity index (χ1) is 10.1. The second-order valence-corrected chi connectivity index (χ2v) is 5.25. The molecule has 2 rings (SSSR count). The molecule has 0 bridgehead atoms. The van der Waals surface area contributed by atoms with Gasteiger partial charge in [0.05, 0.1) is 11.5 Å². The zero-order valence-electron chi connectivity index (χ0n) is 12.0. The van der Waals surface area contributed by atoms with Gasteiger partial charge in [0.1, 0.15) is 0 Å².